The highest BCUT2D eigenvalue weighted by Gasteiger charge is 1.83. The van der Waals surface area contributed by atoms with Crippen LogP contribution in [0.4, 0.5) is 0 Å². The van der Waals surface area contributed by atoms with E-state index in [0.29, 0.717) is 6.61 Å². The molecule has 0 bridgehead atoms. The van der Waals surface area contributed by atoms with Gasteiger partial charge < -0.3 is 17.0 Å². The number of rotatable bonds is 2. The summed E-state index contributed by atoms with van der Waals surface area (Å²) >= 11 is 0. The molecule has 4 heteroatoms. The monoisotopic (exact) mass is 176 g/mol. The van der Waals surface area contributed by atoms with Crippen LogP contribution >= 0.6 is 0 Å². The van der Waals surface area contributed by atoms with Crippen molar-refractivity contribution in [1.29, 1.82) is 0 Å². The van der Waals surface area contributed by atoms with E-state index in [1.807, 2.05) is 6.92 Å². The van der Waals surface area contributed by atoms with E-state index in [-0.39, 0.29) is 18.3 Å². The zero-order valence-corrected chi connectivity index (χ0v) is 8.01. The second-order valence-electron chi connectivity index (χ2n) is 1.50. The third-order valence-corrected chi connectivity index (χ3v) is 0.404. The maximum atomic E-state index is 9.93. The van der Waals surface area contributed by atoms with Gasteiger partial charge in [0.15, 0.2) is 0 Å². The van der Waals surface area contributed by atoms with E-state index in [2.05, 4.69) is 17.9 Å². The summed E-state index contributed by atoms with van der Waals surface area (Å²) in [6.07, 6.45) is 3.28. The first-order valence-electron chi connectivity index (χ1n) is 3.00. The van der Waals surface area contributed by atoms with E-state index in [9.17, 15) is 4.79 Å². The molecule has 4 nitrogen and oxygen atoms in total. The number of ether oxygens (including phenoxy) is 1. The van der Waals surface area contributed by atoms with E-state index >= 15 is 0 Å². The summed E-state index contributed by atoms with van der Waals surface area (Å²) in [6, 6.07) is 0. The molecule has 0 atom stereocenters. The van der Waals surface area contributed by atoms with E-state index in [1.54, 1.807) is 6.08 Å². The largest absolute Gasteiger partial charge is 0.462 e. The summed E-state index contributed by atoms with van der Waals surface area (Å²) in [5.74, 6) is -0.264. The quantitative estimate of drug-likeness (QED) is 0.498. The Hall–Kier alpha value is -1.13. The Balaban J connectivity index is -0.0000000569. The summed E-state index contributed by atoms with van der Waals surface area (Å²) in [4.78, 5) is 9.93. The maximum absolute atomic E-state index is 9.93. The van der Waals surface area contributed by atoms with Crippen molar-refractivity contribution in [1.82, 2.24) is 12.3 Å². The third-order valence-electron chi connectivity index (χ3n) is 0.404. The average molecular weight is 176 g/mol. The Morgan fingerprint density at radius 3 is 1.83 bits per heavy atom. The minimum atomic E-state index is -0.264. The fourth-order valence-electron chi connectivity index (χ4n) is 0.176. The smallest absolute Gasteiger partial charge is 0.302 e. The molecule has 0 saturated heterocycles. The molecule has 0 spiro atoms. The molecule has 0 heterocycles. The van der Waals surface area contributed by atoms with Crippen LogP contribution in [0.25, 0.3) is 0 Å². The van der Waals surface area contributed by atoms with Gasteiger partial charge in [0.1, 0.15) is 6.61 Å². The van der Waals surface area contributed by atoms with Crippen molar-refractivity contribution < 1.29 is 9.53 Å². The Bertz CT molecular complexity index is 114. The maximum Gasteiger partial charge on any atom is 0.302 e. The highest BCUT2D eigenvalue weighted by atomic mass is 16.5. The summed E-state index contributed by atoms with van der Waals surface area (Å²) in [6.45, 7) is 10.3. The molecule has 0 unspecified atom stereocenters. The SMILES string of the molecule is C=CC.C=CCOC(C)=O.N.N. The van der Waals surface area contributed by atoms with Crippen molar-refractivity contribution in [3.05, 3.63) is 25.3 Å². The Kier molecular flexibility index (Phi) is 42.1. The lowest BCUT2D eigenvalue weighted by Gasteiger charge is -1.90. The van der Waals surface area contributed by atoms with Gasteiger partial charge in [-0.25, -0.2) is 0 Å². The number of carbonyl (C=O) groups is 1. The van der Waals surface area contributed by atoms with Crippen LogP contribution in [0.1, 0.15) is 13.8 Å². The second-order valence-corrected chi connectivity index (χ2v) is 1.50. The van der Waals surface area contributed by atoms with E-state index in [0.717, 1.165) is 0 Å². The molecule has 0 aromatic heterocycles. The van der Waals surface area contributed by atoms with Crippen molar-refractivity contribution in [3.63, 3.8) is 0 Å². The van der Waals surface area contributed by atoms with Gasteiger partial charge in [-0.15, -0.1) is 6.58 Å². The van der Waals surface area contributed by atoms with Gasteiger partial charge in [0.05, 0.1) is 0 Å². The number of carbonyl (C=O) groups excluding carboxylic acids is 1. The molecular weight excluding hydrogens is 156 g/mol. The molecule has 74 valence electrons. The average Bonchev–Trinajstić information content (AvgIpc) is 1.85. The Morgan fingerprint density at radius 1 is 1.42 bits per heavy atom. The van der Waals surface area contributed by atoms with Gasteiger partial charge in [0.2, 0.25) is 0 Å². The van der Waals surface area contributed by atoms with E-state index in [1.165, 1.54) is 13.0 Å². The fraction of sp³-hybridized carbons (Fsp3) is 0.375. The second kappa shape index (κ2) is 22.5. The molecule has 0 rings (SSSR count). The molecular formula is C8H20N2O2. The van der Waals surface area contributed by atoms with Crippen LogP contribution in [0.3, 0.4) is 0 Å². The predicted octanol–water partition coefficient (Wildman–Crippen LogP) is 2.25. The van der Waals surface area contributed by atoms with Crippen LogP contribution in [0.5, 0.6) is 0 Å². The molecule has 6 N–H and O–H groups in total. The molecule has 0 aliphatic carbocycles. The lowest BCUT2D eigenvalue weighted by molar-refractivity contribution is -0.139. The van der Waals surface area contributed by atoms with Gasteiger partial charge in [0, 0.05) is 6.92 Å². The summed E-state index contributed by atoms with van der Waals surface area (Å²) < 4.78 is 4.43. The van der Waals surface area contributed by atoms with Gasteiger partial charge in [-0.05, 0) is 6.92 Å². The number of hydrogen-bond acceptors (Lipinski definition) is 4. The zero-order chi connectivity index (χ0) is 8.41. The first kappa shape index (κ1) is 22.4. The number of esters is 1. The summed E-state index contributed by atoms with van der Waals surface area (Å²) in [5.41, 5.74) is 0. The minimum Gasteiger partial charge on any atom is -0.462 e. The summed E-state index contributed by atoms with van der Waals surface area (Å²) in [5, 5.41) is 0. The topological polar surface area (TPSA) is 96.3 Å². The van der Waals surface area contributed by atoms with E-state index < -0.39 is 0 Å². The van der Waals surface area contributed by atoms with Gasteiger partial charge in [-0.1, -0.05) is 18.7 Å². The van der Waals surface area contributed by atoms with Gasteiger partial charge >= 0.3 is 5.97 Å². The zero-order valence-electron chi connectivity index (χ0n) is 8.01. The molecule has 0 aliphatic rings. The van der Waals surface area contributed by atoms with Crippen molar-refractivity contribution in [3.8, 4) is 0 Å². The highest BCUT2D eigenvalue weighted by Crippen LogP contribution is 1.73. The van der Waals surface area contributed by atoms with Crippen LogP contribution in [0.15, 0.2) is 25.3 Å². The van der Waals surface area contributed by atoms with Crippen LogP contribution in [0, 0.1) is 0 Å². The molecule has 0 aliphatic heterocycles. The molecule has 0 saturated carbocycles. The minimum absolute atomic E-state index is 0. The molecule has 0 amide bonds. The first-order chi connectivity index (χ1) is 4.68. The Labute approximate surface area is 74.5 Å². The Morgan fingerprint density at radius 2 is 1.75 bits per heavy atom. The normalized spacial score (nSPS) is 5.50. The highest BCUT2D eigenvalue weighted by molar-refractivity contribution is 5.65. The fourth-order valence-corrected chi connectivity index (χ4v) is 0.176. The van der Waals surface area contributed by atoms with Crippen LogP contribution in [-0.2, 0) is 9.53 Å². The molecule has 0 radical (unpaired) electrons. The van der Waals surface area contributed by atoms with Crippen LogP contribution in [0.2, 0.25) is 0 Å². The van der Waals surface area contributed by atoms with Gasteiger partial charge in [0.25, 0.3) is 0 Å². The van der Waals surface area contributed by atoms with Crippen LogP contribution < -0.4 is 12.3 Å². The standard InChI is InChI=1S/C5H8O2.C3H6.2H3N/c1-3-4-7-5(2)6;1-3-2;;/h3H,1,4H2,2H3;3H,1H2,2H3;2*1H3. The van der Waals surface area contributed by atoms with Crippen molar-refractivity contribution in [2.45, 2.75) is 13.8 Å². The van der Waals surface area contributed by atoms with Gasteiger partial charge in [-0.3, -0.25) is 4.79 Å². The first-order valence-corrected chi connectivity index (χ1v) is 3.00. The molecule has 0 aromatic rings. The van der Waals surface area contributed by atoms with Crippen molar-refractivity contribution in [2.24, 2.45) is 0 Å². The van der Waals surface area contributed by atoms with Crippen molar-refractivity contribution >= 4 is 5.97 Å². The number of allylic oxidation sites excluding steroid dienone is 1. The lowest BCUT2D eigenvalue weighted by Crippen LogP contribution is -1.96. The predicted molar refractivity (Wildman–Crippen MR) is 52.7 cm³/mol. The molecule has 12 heavy (non-hydrogen) atoms. The number of hydrogen-bond donors (Lipinski definition) is 2. The van der Waals surface area contributed by atoms with E-state index in [4.69, 9.17) is 0 Å². The lowest BCUT2D eigenvalue weighted by atomic mass is 10.7. The van der Waals surface area contributed by atoms with Crippen LogP contribution in [-0.4, -0.2) is 12.6 Å². The van der Waals surface area contributed by atoms with Crippen molar-refractivity contribution in [2.75, 3.05) is 6.61 Å². The third kappa shape index (κ3) is 66.7. The molecule has 0 aromatic carbocycles. The van der Waals surface area contributed by atoms with Gasteiger partial charge in [-0.2, -0.15) is 0 Å². The summed E-state index contributed by atoms with van der Waals surface area (Å²) in [7, 11) is 0. The molecule has 0 fully saturated rings.